The number of thioether (sulfide) groups is 1. The first-order valence-corrected chi connectivity index (χ1v) is 10.1. The molecule has 148 valence electrons. The van der Waals surface area contributed by atoms with E-state index in [4.69, 9.17) is 14.1 Å². The van der Waals surface area contributed by atoms with E-state index in [0.717, 1.165) is 18.9 Å². The lowest BCUT2D eigenvalue weighted by Crippen LogP contribution is -2.53. The number of fused-ring (bicyclic) bond motifs is 1. The van der Waals surface area contributed by atoms with Crippen molar-refractivity contribution in [3.63, 3.8) is 0 Å². The van der Waals surface area contributed by atoms with Gasteiger partial charge in [0.2, 0.25) is 5.91 Å². The first kappa shape index (κ1) is 21.5. The first-order chi connectivity index (χ1) is 13.0. The van der Waals surface area contributed by atoms with Gasteiger partial charge in [-0.25, -0.2) is 9.18 Å². The average molecular weight is 399 g/mol. The fourth-order valence-corrected chi connectivity index (χ4v) is 2.95. The van der Waals surface area contributed by atoms with Crippen molar-refractivity contribution in [2.75, 3.05) is 25.4 Å². The van der Waals surface area contributed by atoms with E-state index in [-0.39, 0.29) is 36.2 Å². The number of nitrogens with one attached hydrogen (secondary N) is 1. The van der Waals surface area contributed by atoms with Gasteiger partial charge in [-0.1, -0.05) is 19.4 Å². The molecule has 2 N–H and O–H groups in total. The van der Waals surface area contributed by atoms with Crippen molar-refractivity contribution < 1.29 is 33.1 Å². The molecule has 0 saturated carbocycles. The Morgan fingerprint density at radius 3 is 2.96 bits per heavy atom. The van der Waals surface area contributed by atoms with E-state index in [1.165, 1.54) is 17.8 Å². The lowest BCUT2D eigenvalue weighted by molar-refractivity contribution is -0.118. The predicted octanol–water partition coefficient (Wildman–Crippen LogP) is 1.56. The Kier molecular flexibility index (Phi) is 8.40. The second kappa shape index (κ2) is 10.5. The van der Waals surface area contributed by atoms with Gasteiger partial charge >= 0.3 is 13.1 Å². The second-order valence-corrected chi connectivity index (χ2v) is 6.91. The van der Waals surface area contributed by atoms with Gasteiger partial charge in [0.05, 0.1) is 18.3 Å². The van der Waals surface area contributed by atoms with E-state index in [1.807, 2.05) is 6.92 Å². The number of esters is 1. The Labute approximate surface area is 162 Å². The zero-order valence-corrected chi connectivity index (χ0v) is 16.1. The number of carbonyl (C=O) groups excluding carboxylic acids is 2. The number of hydrogen-bond donors (Lipinski definition) is 2. The van der Waals surface area contributed by atoms with Gasteiger partial charge in [0.15, 0.2) is 6.79 Å². The van der Waals surface area contributed by atoms with Crippen molar-refractivity contribution in [2.45, 2.75) is 32.1 Å². The summed E-state index contributed by atoms with van der Waals surface area (Å²) in [5, 5.41) is 12.8. The third-order valence-corrected chi connectivity index (χ3v) is 4.50. The molecule has 0 unspecified atom stereocenters. The van der Waals surface area contributed by atoms with Crippen LogP contribution >= 0.6 is 11.8 Å². The largest absolute Gasteiger partial charge is 0.547 e. The summed E-state index contributed by atoms with van der Waals surface area (Å²) in [5.74, 6) is -2.51. The molecule has 7 nitrogen and oxygen atoms in total. The molecule has 1 amide bonds. The molecule has 1 aliphatic heterocycles. The van der Waals surface area contributed by atoms with Crippen LogP contribution < -0.4 is 9.97 Å². The topological polar surface area (TPSA) is 94.1 Å². The van der Waals surface area contributed by atoms with Gasteiger partial charge in [-0.2, -0.15) is 11.8 Å². The summed E-state index contributed by atoms with van der Waals surface area (Å²) in [6.45, 7) is 2.14. The third-order valence-electron chi connectivity index (χ3n) is 3.95. The summed E-state index contributed by atoms with van der Waals surface area (Å²) in [7, 11) is -1.41. The van der Waals surface area contributed by atoms with Crippen LogP contribution in [0.25, 0.3) is 0 Å². The van der Waals surface area contributed by atoms with E-state index < -0.39 is 24.8 Å². The lowest BCUT2D eigenvalue weighted by Gasteiger charge is -2.29. The molecular formula is C17H23BFNO6S. The smallest absolute Gasteiger partial charge is 0.534 e. The number of ether oxygens (including phenoxy) is 2. The van der Waals surface area contributed by atoms with Crippen LogP contribution in [-0.4, -0.2) is 55.4 Å². The number of unbranched alkanes of at least 4 members (excludes halogenated alkanes) is 1. The van der Waals surface area contributed by atoms with Crippen molar-refractivity contribution in [1.82, 2.24) is 5.32 Å². The number of carbonyl (C=O) groups is 2. The van der Waals surface area contributed by atoms with Crippen LogP contribution in [0.3, 0.4) is 0 Å². The third kappa shape index (κ3) is 5.85. The minimum atomic E-state index is -1.41. The van der Waals surface area contributed by atoms with Crippen LogP contribution in [0.1, 0.15) is 35.7 Å². The number of halogens is 1. The summed E-state index contributed by atoms with van der Waals surface area (Å²) >= 11 is 1.35. The summed E-state index contributed by atoms with van der Waals surface area (Å²) in [6.07, 6.45) is 3.75. The van der Waals surface area contributed by atoms with Crippen molar-refractivity contribution in [1.29, 1.82) is 0 Å². The van der Waals surface area contributed by atoms with E-state index in [9.17, 15) is 19.0 Å². The molecule has 0 saturated heterocycles. The highest BCUT2D eigenvalue weighted by Crippen LogP contribution is 2.32. The molecule has 1 aromatic rings. The second-order valence-electron chi connectivity index (χ2n) is 6.04. The summed E-state index contributed by atoms with van der Waals surface area (Å²) in [6, 6.07) is 2.59. The van der Waals surface area contributed by atoms with Crippen LogP contribution in [0.15, 0.2) is 12.1 Å². The molecule has 0 aliphatic carbocycles. The molecule has 0 aromatic heterocycles. The molecule has 0 fully saturated rings. The molecule has 1 aliphatic rings. The van der Waals surface area contributed by atoms with Crippen LogP contribution in [0.5, 0.6) is 5.75 Å². The fraction of sp³-hybridized carbons (Fsp3) is 0.529. The molecular weight excluding hydrogens is 376 g/mol. The van der Waals surface area contributed by atoms with Crippen molar-refractivity contribution in [2.24, 2.45) is 0 Å². The maximum absolute atomic E-state index is 14.2. The van der Waals surface area contributed by atoms with Crippen LogP contribution in [-0.2, 0) is 20.7 Å². The lowest BCUT2D eigenvalue weighted by atomic mass is 9.72. The predicted molar refractivity (Wildman–Crippen MR) is 100 cm³/mol. The van der Waals surface area contributed by atoms with E-state index >= 15 is 0 Å². The zero-order valence-electron chi connectivity index (χ0n) is 15.3. The number of hydrogen-bond acceptors (Lipinski definition) is 7. The van der Waals surface area contributed by atoms with Gasteiger partial charge in [0.1, 0.15) is 17.1 Å². The highest BCUT2D eigenvalue weighted by Gasteiger charge is 2.38. The molecule has 0 radical (unpaired) electrons. The minimum absolute atomic E-state index is 0.0728. The number of rotatable bonds is 9. The van der Waals surface area contributed by atoms with E-state index in [2.05, 4.69) is 5.32 Å². The van der Waals surface area contributed by atoms with Crippen LogP contribution in [0.2, 0.25) is 0 Å². The average Bonchev–Trinajstić information content (AvgIpc) is 2.62. The minimum Gasteiger partial charge on any atom is -0.534 e. The van der Waals surface area contributed by atoms with E-state index in [1.54, 1.807) is 6.26 Å². The van der Waals surface area contributed by atoms with Crippen molar-refractivity contribution in [3.05, 3.63) is 29.1 Å². The molecule has 1 aromatic carbocycles. The van der Waals surface area contributed by atoms with Gasteiger partial charge in [-0.05, 0) is 30.7 Å². The fourth-order valence-electron chi connectivity index (χ4n) is 2.60. The van der Waals surface area contributed by atoms with Crippen molar-refractivity contribution >= 4 is 30.8 Å². The maximum Gasteiger partial charge on any atom is 0.547 e. The van der Waals surface area contributed by atoms with Gasteiger partial charge in [-0.15, -0.1) is 0 Å². The highest BCUT2D eigenvalue weighted by atomic mass is 32.2. The maximum atomic E-state index is 14.2. The number of benzene rings is 1. The Morgan fingerprint density at radius 2 is 2.26 bits per heavy atom. The Hall–Kier alpha value is -1.78. The quantitative estimate of drug-likeness (QED) is 0.282. The Balaban J connectivity index is 2.09. The van der Waals surface area contributed by atoms with Crippen molar-refractivity contribution in [3.8, 4) is 5.75 Å². The molecule has 1 atom stereocenters. The van der Waals surface area contributed by atoms with Crippen LogP contribution in [0, 0.1) is 5.82 Å². The summed E-state index contributed by atoms with van der Waals surface area (Å²) in [4.78, 5) is 24.0. The van der Waals surface area contributed by atoms with Gasteiger partial charge in [0.25, 0.3) is 0 Å². The SMILES string of the molecule is CCCCOCOC(=O)c1c(F)ccc2c1OB(O)[C@@H](NC(=O)CSC)C2. The van der Waals surface area contributed by atoms with E-state index in [0.29, 0.717) is 12.2 Å². The monoisotopic (exact) mass is 399 g/mol. The summed E-state index contributed by atoms with van der Waals surface area (Å²) in [5.41, 5.74) is 0.106. The molecule has 0 bridgehead atoms. The van der Waals surface area contributed by atoms with Gasteiger partial charge in [0, 0.05) is 0 Å². The Bertz CT molecular complexity index is 677. The molecule has 1 heterocycles. The normalized spacial score (nSPS) is 15.7. The highest BCUT2D eigenvalue weighted by molar-refractivity contribution is 7.99. The number of amides is 1. The molecule has 0 spiro atoms. The Morgan fingerprint density at radius 1 is 1.48 bits per heavy atom. The zero-order chi connectivity index (χ0) is 19.8. The van der Waals surface area contributed by atoms with Gasteiger partial charge in [-0.3, -0.25) is 4.79 Å². The first-order valence-electron chi connectivity index (χ1n) is 8.67. The summed E-state index contributed by atoms with van der Waals surface area (Å²) < 4.78 is 29.7. The van der Waals surface area contributed by atoms with Crippen LogP contribution in [0.4, 0.5) is 4.39 Å². The van der Waals surface area contributed by atoms with Gasteiger partial charge < -0.3 is 24.5 Å². The molecule has 2 rings (SSSR count). The molecule has 27 heavy (non-hydrogen) atoms. The molecule has 10 heteroatoms. The standard InChI is InChI=1S/C17H23BFNO6S/c1-3-4-7-24-10-25-17(22)15-12(19)6-5-11-8-13(18(23)26-16(11)15)20-14(21)9-27-2/h5-6,13,23H,3-4,7-10H2,1-2H3,(H,20,21)/t13-/m0/s1.